The molecular formula is C26H20ClN5O4. The molecular weight excluding hydrogens is 482 g/mol. The Morgan fingerprint density at radius 3 is 2.36 bits per heavy atom. The molecule has 10 heteroatoms. The molecule has 0 atom stereocenters. The molecule has 180 valence electrons. The first-order valence-corrected chi connectivity index (χ1v) is 11.5. The molecule has 0 unspecified atom stereocenters. The van der Waals surface area contributed by atoms with E-state index in [2.05, 4.69) is 4.98 Å². The summed E-state index contributed by atoms with van der Waals surface area (Å²) in [6.07, 6.45) is 1.96. The lowest BCUT2D eigenvalue weighted by molar-refractivity contribution is -0.384. The number of aromatic nitrogens is 4. The highest BCUT2D eigenvalue weighted by Gasteiger charge is 2.20. The van der Waals surface area contributed by atoms with Crippen LogP contribution in [0.1, 0.15) is 11.1 Å². The summed E-state index contributed by atoms with van der Waals surface area (Å²) in [5.74, 6) is 0. The SMILES string of the molecule is O=c1c2c(ncn2Cc2cccc([N+](=O)[O-])c2)n(-c2ccc(Cl)cc2)c(=O)n1CCc1ccccc1. The topological polar surface area (TPSA) is 105 Å². The summed E-state index contributed by atoms with van der Waals surface area (Å²) in [5, 5.41) is 11.7. The van der Waals surface area contributed by atoms with Crippen LogP contribution in [0.2, 0.25) is 5.02 Å². The Balaban J connectivity index is 1.67. The standard InChI is InChI=1S/C26H20ClN5O4/c27-20-9-11-21(12-10-20)31-24-23(25(33)30(26(31)34)14-13-18-5-2-1-3-6-18)29(17-28-24)16-19-7-4-8-22(15-19)32(35)36/h1-12,15,17H,13-14,16H2. The van der Waals surface area contributed by atoms with E-state index in [0.29, 0.717) is 22.7 Å². The van der Waals surface area contributed by atoms with Gasteiger partial charge in [-0.05, 0) is 41.8 Å². The number of benzene rings is 3. The van der Waals surface area contributed by atoms with Gasteiger partial charge < -0.3 is 4.57 Å². The largest absolute Gasteiger partial charge is 0.337 e. The summed E-state index contributed by atoms with van der Waals surface area (Å²) in [7, 11) is 0. The molecule has 9 nitrogen and oxygen atoms in total. The van der Waals surface area contributed by atoms with Gasteiger partial charge in [-0.1, -0.05) is 54.1 Å². The van der Waals surface area contributed by atoms with Crippen molar-refractivity contribution in [3.63, 3.8) is 0 Å². The van der Waals surface area contributed by atoms with Gasteiger partial charge in [0.05, 0.1) is 16.9 Å². The van der Waals surface area contributed by atoms with Crippen molar-refractivity contribution in [3.05, 3.63) is 132 Å². The van der Waals surface area contributed by atoms with Crippen LogP contribution in [0.25, 0.3) is 16.9 Å². The Bertz CT molecular complexity index is 1690. The van der Waals surface area contributed by atoms with Crippen molar-refractivity contribution in [1.82, 2.24) is 18.7 Å². The molecule has 5 aromatic rings. The minimum atomic E-state index is -0.508. The Kier molecular flexibility index (Phi) is 6.22. The molecule has 3 aromatic carbocycles. The minimum absolute atomic E-state index is 0.0461. The second kappa shape index (κ2) is 9.63. The van der Waals surface area contributed by atoms with E-state index in [1.165, 1.54) is 27.6 Å². The van der Waals surface area contributed by atoms with Crippen molar-refractivity contribution >= 4 is 28.5 Å². The average molecular weight is 502 g/mol. The lowest BCUT2D eigenvalue weighted by Gasteiger charge is -2.13. The maximum Gasteiger partial charge on any atom is 0.337 e. The Labute approximate surface area is 209 Å². The van der Waals surface area contributed by atoms with Crippen LogP contribution in [0.3, 0.4) is 0 Å². The van der Waals surface area contributed by atoms with Crippen LogP contribution in [0.5, 0.6) is 0 Å². The van der Waals surface area contributed by atoms with Gasteiger partial charge >= 0.3 is 5.69 Å². The summed E-state index contributed by atoms with van der Waals surface area (Å²) in [5.41, 5.74) is 1.54. The molecule has 0 fully saturated rings. The fourth-order valence-electron chi connectivity index (χ4n) is 4.17. The molecule has 0 saturated heterocycles. The zero-order chi connectivity index (χ0) is 25.2. The van der Waals surface area contributed by atoms with E-state index >= 15 is 0 Å². The Hall–Kier alpha value is -4.50. The van der Waals surface area contributed by atoms with E-state index in [1.54, 1.807) is 41.0 Å². The fourth-order valence-corrected chi connectivity index (χ4v) is 4.30. The molecule has 0 N–H and O–H groups in total. The van der Waals surface area contributed by atoms with Gasteiger partial charge in [0.1, 0.15) is 0 Å². The quantitative estimate of drug-likeness (QED) is 0.245. The van der Waals surface area contributed by atoms with Crippen LogP contribution in [0.4, 0.5) is 5.69 Å². The second-order valence-corrected chi connectivity index (χ2v) is 8.69. The molecule has 2 heterocycles. The third-order valence-corrected chi connectivity index (χ3v) is 6.18. The predicted molar refractivity (Wildman–Crippen MR) is 137 cm³/mol. The van der Waals surface area contributed by atoms with E-state index in [1.807, 2.05) is 30.3 Å². The summed E-state index contributed by atoms with van der Waals surface area (Å²) in [6.45, 7) is 0.345. The molecule has 5 rings (SSSR count). The number of halogens is 1. The lowest BCUT2D eigenvalue weighted by atomic mass is 10.1. The van der Waals surface area contributed by atoms with E-state index in [0.717, 1.165) is 5.56 Å². The molecule has 0 saturated carbocycles. The number of nitro groups is 1. The molecule has 0 spiro atoms. The zero-order valence-corrected chi connectivity index (χ0v) is 19.7. The Morgan fingerprint density at radius 2 is 1.64 bits per heavy atom. The van der Waals surface area contributed by atoms with Crippen LogP contribution in [-0.4, -0.2) is 23.6 Å². The first-order valence-electron chi connectivity index (χ1n) is 11.2. The third kappa shape index (κ3) is 4.44. The number of fused-ring (bicyclic) bond motifs is 1. The lowest BCUT2D eigenvalue weighted by Crippen LogP contribution is -2.40. The van der Waals surface area contributed by atoms with Crippen molar-refractivity contribution in [2.24, 2.45) is 0 Å². The van der Waals surface area contributed by atoms with Crippen LogP contribution in [0, 0.1) is 10.1 Å². The van der Waals surface area contributed by atoms with Gasteiger partial charge in [-0.25, -0.2) is 14.3 Å². The third-order valence-electron chi connectivity index (χ3n) is 5.93. The van der Waals surface area contributed by atoms with Gasteiger partial charge in [0.25, 0.3) is 11.2 Å². The number of rotatable bonds is 7. The summed E-state index contributed by atoms with van der Waals surface area (Å²) >= 11 is 6.05. The first kappa shape index (κ1) is 23.3. The highest BCUT2D eigenvalue weighted by atomic mass is 35.5. The number of nitrogens with zero attached hydrogens (tertiary/aromatic N) is 5. The first-order chi connectivity index (χ1) is 17.4. The van der Waals surface area contributed by atoms with Crippen molar-refractivity contribution in [3.8, 4) is 5.69 Å². The molecule has 0 bridgehead atoms. The smallest absolute Gasteiger partial charge is 0.320 e. The maximum absolute atomic E-state index is 13.6. The molecule has 36 heavy (non-hydrogen) atoms. The second-order valence-electron chi connectivity index (χ2n) is 8.26. The van der Waals surface area contributed by atoms with Crippen LogP contribution >= 0.6 is 11.6 Å². The summed E-state index contributed by atoms with van der Waals surface area (Å²) < 4.78 is 4.21. The molecule has 0 aliphatic heterocycles. The summed E-state index contributed by atoms with van der Waals surface area (Å²) in [6, 6.07) is 22.5. The van der Waals surface area contributed by atoms with Crippen molar-refractivity contribution in [1.29, 1.82) is 0 Å². The van der Waals surface area contributed by atoms with Gasteiger partial charge in [-0.2, -0.15) is 0 Å². The van der Waals surface area contributed by atoms with Crippen molar-refractivity contribution < 1.29 is 4.92 Å². The summed E-state index contributed by atoms with van der Waals surface area (Å²) in [4.78, 5) is 42.3. The maximum atomic E-state index is 13.6. The number of hydrogen-bond acceptors (Lipinski definition) is 5. The van der Waals surface area contributed by atoms with E-state index in [4.69, 9.17) is 11.6 Å². The van der Waals surface area contributed by atoms with Gasteiger partial charge in [-0.3, -0.25) is 19.5 Å². The van der Waals surface area contributed by atoms with Crippen LogP contribution in [0.15, 0.2) is 94.8 Å². The van der Waals surface area contributed by atoms with Gasteiger partial charge in [0, 0.05) is 30.2 Å². The molecule has 0 amide bonds. The van der Waals surface area contributed by atoms with Crippen molar-refractivity contribution in [2.45, 2.75) is 19.5 Å². The van der Waals surface area contributed by atoms with Gasteiger partial charge in [0.2, 0.25) is 0 Å². The normalized spacial score (nSPS) is 11.1. The zero-order valence-electron chi connectivity index (χ0n) is 19.0. The van der Waals surface area contributed by atoms with Crippen LogP contribution < -0.4 is 11.2 Å². The Morgan fingerprint density at radius 1 is 0.917 bits per heavy atom. The molecule has 0 radical (unpaired) electrons. The number of imidazole rings is 1. The number of aryl methyl sites for hydroxylation is 1. The monoisotopic (exact) mass is 501 g/mol. The van der Waals surface area contributed by atoms with Gasteiger partial charge in [0.15, 0.2) is 11.2 Å². The van der Waals surface area contributed by atoms with E-state index < -0.39 is 16.2 Å². The van der Waals surface area contributed by atoms with E-state index in [-0.39, 0.29) is 29.9 Å². The minimum Gasteiger partial charge on any atom is -0.320 e. The molecule has 0 aliphatic rings. The number of non-ortho nitro benzene ring substituents is 1. The highest BCUT2D eigenvalue weighted by molar-refractivity contribution is 6.30. The fraction of sp³-hybridized carbons (Fsp3) is 0.115. The molecule has 0 aliphatic carbocycles. The highest BCUT2D eigenvalue weighted by Crippen LogP contribution is 2.19. The van der Waals surface area contributed by atoms with Crippen molar-refractivity contribution in [2.75, 3.05) is 0 Å². The predicted octanol–water partition coefficient (Wildman–Crippen LogP) is 4.20. The van der Waals surface area contributed by atoms with E-state index in [9.17, 15) is 19.7 Å². The molecule has 2 aromatic heterocycles. The number of hydrogen-bond donors (Lipinski definition) is 0. The van der Waals surface area contributed by atoms with Crippen LogP contribution in [-0.2, 0) is 19.5 Å². The average Bonchev–Trinajstić information content (AvgIpc) is 3.29. The number of nitro benzene ring substituents is 1. The van der Waals surface area contributed by atoms with Gasteiger partial charge in [-0.15, -0.1) is 0 Å².